The van der Waals surface area contributed by atoms with Gasteiger partial charge in [-0.2, -0.15) is 0 Å². The largest absolute Gasteiger partial charge is 0.467 e. The summed E-state index contributed by atoms with van der Waals surface area (Å²) in [5.74, 6) is 0.706. The molecule has 1 aliphatic heterocycles. The van der Waals surface area contributed by atoms with Crippen LogP contribution in [0.3, 0.4) is 0 Å². The zero-order valence-electron chi connectivity index (χ0n) is 13.4. The lowest BCUT2D eigenvalue weighted by Crippen LogP contribution is -2.52. The molecule has 2 aromatic rings. The van der Waals surface area contributed by atoms with Crippen molar-refractivity contribution >= 4 is 6.03 Å². The smallest absolute Gasteiger partial charge is 0.318 e. The molecule has 0 radical (unpaired) electrons. The Morgan fingerprint density at radius 1 is 1.29 bits per heavy atom. The first-order valence-electron chi connectivity index (χ1n) is 8.11. The second-order valence-electron chi connectivity index (χ2n) is 5.82. The summed E-state index contributed by atoms with van der Waals surface area (Å²) in [5, 5.41) is 13.3. The second kappa shape index (κ2) is 7.99. The second-order valence-corrected chi connectivity index (χ2v) is 5.82. The molecule has 1 aromatic heterocycles. The Hall–Kier alpha value is -2.31. The maximum Gasteiger partial charge on any atom is 0.318 e. The maximum absolute atomic E-state index is 12.5. The monoisotopic (exact) mass is 330 g/mol. The molecule has 1 saturated heterocycles. The molecule has 0 saturated carbocycles. The fourth-order valence-corrected chi connectivity index (χ4v) is 2.86. The van der Waals surface area contributed by atoms with Crippen molar-refractivity contribution in [3.8, 4) is 0 Å². The summed E-state index contributed by atoms with van der Waals surface area (Å²) < 4.78 is 10.7. The Labute approximate surface area is 141 Å². The molecular weight excluding hydrogens is 308 g/mol. The van der Waals surface area contributed by atoms with Crippen LogP contribution in [0.25, 0.3) is 0 Å². The van der Waals surface area contributed by atoms with E-state index in [9.17, 15) is 9.90 Å². The molecule has 0 aliphatic carbocycles. The van der Waals surface area contributed by atoms with Crippen molar-refractivity contribution in [2.24, 2.45) is 0 Å². The van der Waals surface area contributed by atoms with Crippen molar-refractivity contribution in [3.63, 3.8) is 0 Å². The highest BCUT2D eigenvalue weighted by Gasteiger charge is 2.29. The Balaban J connectivity index is 1.59. The Morgan fingerprint density at radius 3 is 2.88 bits per heavy atom. The number of morpholine rings is 1. The first-order chi connectivity index (χ1) is 11.7. The van der Waals surface area contributed by atoms with E-state index in [0.717, 1.165) is 5.56 Å². The lowest BCUT2D eigenvalue weighted by Gasteiger charge is -2.36. The molecule has 2 heterocycles. The molecule has 6 nitrogen and oxygen atoms in total. The highest BCUT2D eigenvalue weighted by atomic mass is 16.5. The van der Waals surface area contributed by atoms with Gasteiger partial charge in [-0.3, -0.25) is 0 Å². The maximum atomic E-state index is 12.5. The number of ether oxygens (including phenoxy) is 1. The van der Waals surface area contributed by atoms with Crippen molar-refractivity contribution < 1.29 is 19.1 Å². The summed E-state index contributed by atoms with van der Waals surface area (Å²) >= 11 is 0. The fourth-order valence-electron chi connectivity index (χ4n) is 2.86. The van der Waals surface area contributed by atoms with E-state index < -0.39 is 6.10 Å². The summed E-state index contributed by atoms with van der Waals surface area (Å²) in [6, 6.07) is 12.7. The minimum absolute atomic E-state index is 0.162. The van der Waals surface area contributed by atoms with Gasteiger partial charge in [-0.15, -0.1) is 0 Å². The summed E-state index contributed by atoms with van der Waals surface area (Å²) in [4.78, 5) is 14.2. The van der Waals surface area contributed by atoms with Crippen LogP contribution in [-0.2, 0) is 11.3 Å². The molecule has 0 unspecified atom stereocenters. The van der Waals surface area contributed by atoms with Gasteiger partial charge < -0.3 is 24.5 Å². The number of carbonyl (C=O) groups excluding carboxylic acids is 1. The van der Waals surface area contributed by atoms with Crippen LogP contribution in [0.5, 0.6) is 0 Å². The van der Waals surface area contributed by atoms with E-state index in [2.05, 4.69) is 5.32 Å². The van der Waals surface area contributed by atoms with Crippen molar-refractivity contribution in [1.82, 2.24) is 10.2 Å². The molecule has 2 atom stereocenters. The van der Waals surface area contributed by atoms with Crippen LogP contribution in [0.1, 0.15) is 23.8 Å². The SMILES string of the molecule is O=C(NCc1ccco1)N1CCOC[C@H]1C[C@H](O)c1ccccc1. The van der Waals surface area contributed by atoms with Crippen LogP contribution in [0.15, 0.2) is 53.1 Å². The minimum Gasteiger partial charge on any atom is -0.467 e. The quantitative estimate of drug-likeness (QED) is 0.882. The lowest BCUT2D eigenvalue weighted by molar-refractivity contribution is -0.00705. The Bertz CT molecular complexity index is 630. The normalized spacial score (nSPS) is 19.0. The van der Waals surface area contributed by atoms with Crippen LogP contribution in [0.4, 0.5) is 4.79 Å². The van der Waals surface area contributed by atoms with E-state index in [1.807, 2.05) is 36.4 Å². The van der Waals surface area contributed by atoms with E-state index in [0.29, 0.717) is 38.5 Å². The van der Waals surface area contributed by atoms with Crippen molar-refractivity contribution in [3.05, 3.63) is 60.1 Å². The summed E-state index contributed by atoms with van der Waals surface area (Å²) in [5.41, 5.74) is 0.846. The van der Waals surface area contributed by atoms with Crippen LogP contribution < -0.4 is 5.32 Å². The fraction of sp³-hybridized carbons (Fsp3) is 0.389. The van der Waals surface area contributed by atoms with Gasteiger partial charge in [0, 0.05) is 13.0 Å². The highest BCUT2D eigenvalue weighted by Crippen LogP contribution is 2.22. The van der Waals surface area contributed by atoms with E-state index >= 15 is 0 Å². The number of nitrogens with zero attached hydrogens (tertiary/aromatic N) is 1. The minimum atomic E-state index is -0.627. The predicted molar refractivity (Wildman–Crippen MR) is 88.3 cm³/mol. The third-order valence-electron chi connectivity index (χ3n) is 4.16. The first-order valence-corrected chi connectivity index (χ1v) is 8.11. The molecule has 0 bridgehead atoms. The highest BCUT2D eigenvalue weighted by molar-refractivity contribution is 5.74. The van der Waals surface area contributed by atoms with Gasteiger partial charge in [0.1, 0.15) is 5.76 Å². The molecule has 1 aromatic carbocycles. The number of nitrogens with one attached hydrogen (secondary N) is 1. The van der Waals surface area contributed by atoms with Crippen LogP contribution in [0, 0.1) is 0 Å². The summed E-state index contributed by atoms with van der Waals surface area (Å²) in [6.07, 6.45) is 1.39. The first kappa shape index (κ1) is 16.5. The van der Waals surface area contributed by atoms with Gasteiger partial charge in [0.15, 0.2) is 0 Å². The van der Waals surface area contributed by atoms with E-state index in [4.69, 9.17) is 9.15 Å². The lowest BCUT2D eigenvalue weighted by atomic mass is 10.0. The van der Waals surface area contributed by atoms with Gasteiger partial charge in [0.25, 0.3) is 0 Å². The molecule has 1 fully saturated rings. The van der Waals surface area contributed by atoms with Gasteiger partial charge in [-0.1, -0.05) is 30.3 Å². The Kier molecular flexibility index (Phi) is 5.51. The molecular formula is C18H22N2O4. The number of amides is 2. The number of aliphatic hydroxyl groups excluding tert-OH is 1. The average molecular weight is 330 g/mol. The molecule has 24 heavy (non-hydrogen) atoms. The number of hydrogen-bond acceptors (Lipinski definition) is 4. The van der Waals surface area contributed by atoms with Gasteiger partial charge >= 0.3 is 6.03 Å². The molecule has 2 N–H and O–H groups in total. The van der Waals surface area contributed by atoms with E-state index in [-0.39, 0.29) is 12.1 Å². The number of urea groups is 1. The van der Waals surface area contributed by atoms with Gasteiger partial charge in [0.05, 0.1) is 38.2 Å². The van der Waals surface area contributed by atoms with Crippen LogP contribution in [-0.4, -0.2) is 41.8 Å². The number of furan rings is 1. The third-order valence-corrected chi connectivity index (χ3v) is 4.16. The molecule has 3 rings (SSSR count). The van der Waals surface area contributed by atoms with E-state index in [1.165, 1.54) is 0 Å². The van der Waals surface area contributed by atoms with Crippen molar-refractivity contribution in [1.29, 1.82) is 0 Å². The topological polar surface area (TPSA) is 74.9 Å². The van der Waals surface area contributed by atoms with Crippen molar-refractivity contribution in [2.45, 2.75) is 25.1 Å². The summed E-state index contributed by atoms with van der Waals surface area (Å²) in [7, 11) is 0. The molecule has 2 amide bonds. The Morgan fingerprint density at radius 2 is 2.12 bits per heavy atom. The third kappa shape index (κ3) is 4.15. The predicted octanol–water partition coefficient (Wildman–Crippen LogP) is 2.31. The number of carbonyl (C=O) groups is 1. The average Bonchev–Trinajstić information content (AvgIpc) is 3.14. The van der Waals surface area contributed by atoms with E-state index in [1.54, 1.807) is 17.2 Å². The molecule has 128 valence electrons. The number of hydrogen-bond donors (Lipinski definition) is 2. The van der Waals surface area contributed by atoms with Crippen LogP contribution in [0.2, 0.25) is 0 Å². The number of rotatable bonds is 5. The molecule has 6 heteroatoms. The number of benzene rings is 1. The van der Waals surface area contributed by atoms with Crippen LogP contribution >= 0.6 is 0 Å². The number of aliphatic hydroxyl groups is 1. The standard InChI is InChI=1S/C18H22N2O4/c21-17(14-5-2-1-3-6-14)11-15-13-23-10-8-20(15)18(22)19-12-16-7-4-9-24-16/h1-7,9,15,17,21H,8,10-13H2,(H,19,22)/t15-,17+/m1/s1. The van der Waals surface area contributed by atoms with Crippen molar-refractivity contribution in [2.75, 3.05) is 19.8 Å². The van der Waals surface area contributed by atoms with Gasteiger partial charge in [0.2, 0.25) is 0 Å². The molecule has 1 aliphatic rings. The van der Waals surface area contributed by atoms with Gasteiger partial charge in [-0.25, -0.2) is 4.79 Å². The zero-order chi connectivity index (χ0) is 16.8. The van der Waals surface area contributed by atoms with Gasteiger partial charge in [-0.05, 0) is 17.7 Å². The molecule has 0 spiro atoms. The zero-order valence-corrected chi connectivity index (χ0v) is 13.4. The summed E-state index contributed by atoms with van der Waals surface area (Å²) in [6.45, 7) is 1.79.